The maximum atomic E-state index is 13.5. The molecule has 0 bridgehead atoms. The van der Waals surface area contributed by atoms with Crippen molar-refractivity contribution < 1.29 is 22.4 Å². The molecule has 0 fully saturated rings. The minimum atomic E-state index is -4.61. The van der Waals surface area contributed by atoms with Crippen LogP contribution in [0.25, 0.3) is 0 Å². The molecule has 1 heterocycles. The van der Waals surface area contributed by atoms with E-state index in [0.717, 1.165) is 18.3 Å². The first-order valence-electron chi connectivity index (χ1n) is 5.71. The first-order chi connectivity index (χ1) is 9.88. The highest BCUT2D eigenvalue weighted by atomic mass is 19.4. The van der Waals surface area contributed by atoms with Crippen molar-refractivity contribution in [3.63, 3.8) is 0 Å². The fraction of sp³-hybridized carbons (Fsp3) is 0.0769. The lowest BCUT2D eigenvalue weighted by molar-refractivity contribution is -0.137. The number of alkyl halides is 3. The third-order valence-corrected chi connectivity index (χ3v) is 2.54. The Hall–Kier alpha value is -2.64. The highest BCUT2D eigenvalue weighted by molar-refractivity contribution is 5.93. The van der Waals surface area contributed by atoms with Crippen LogP contribution in [0.2, 0.25) is 0 Å². The lowest BCUT2D eigenvalue weighted by Crippen LogP contribution is -2.18. The van der Waals surface area contributed by atoms with E-state index in [1.807, 2.05) is 0 Å². The van der Waals surface area contributed by atoms with Gasteiger partial charge in [0, 0.05) is 11.8 Å². The Kier molecular flexibility index (Phi) is 4.06. The van der Waals surface area contributed by atoms with Crippen LogP contribution in [0, 0.1) is 5.82 Å². The van der Waals surface area contributed by atoms with Crippen molar-refractivity contribution in [1.82, 2.24) is 10.4 Å². The van der Waals surface area contributed by atoms with Gasteiger partial charge in [-0.15, -0.1) is 0 Å². The fourth-order valence-corrected chi connectivity index (χ4v) is 1.50. The topological polar surface area (TPSA) is 57.2 Å². The number of aromatic nitrogens is 1. The molecule has 0 atom stereocenters. The van der Waals surface area contributed by atoms with Gasteiger partial charge in [0.15, 0.2) is 0 Å². The Morgan fingerprint density at radius 3 is 2.62 bits per heavy atom. The number of rotatable bonds is 3. The van der Waals surface area contributed by atoms with Crippen molar-refractivity contribution in [2.75, 3.05) is 0 Å². The summed E-state index contributed by atoms with van der Waals surface area (Å²) < 4.78 is 50.5. The van der Waals surface area contributed by atoms with Crippen LogP contribution in [0.1, 0.15) is 21.6 Å². The summed E-state index contributed by atoms with van der Waals surface area (Å²) >= 11 is 0. The van der Waals surface area contributed by atoms with E-state index >= 15 is 0 Å². The van der Waals surface area contributed by atoms with Gasteiger partial charge in [-0.2, -0.15) is 18.3 Å². The fourth-order valence-electron chi connectivity index (χ4n) is 1.50. The van der Waals surface area contributed by atoms with Gasteiger partial charge in [-0.25, -0.2) is 9.82 Å². The summed E-state index contributed by atoms with van der Waals surface area (Å²) in [4.78, 5) is 14.1. The molecule has 0 aliphatic heterocycles. The molecule has 0 aliphatic carbocycles. The van der Waals surface area contributed by atoms with Gasteiger partial charge in [-0.05, 0) is 30.3 Å². The zero-order valence-electron chi connectivity index (χ0n) is 10.4. The summed E-state index contributed by atoms with van der Waals surface area (Å²) in [6.45, 7) is 0. The molecule has 2 rings (SSSR count). The Labute approximate surface area is 116 Å². The van der Waals surface area contributed by atoms with E-state index in [1.54, 1.807) is 6.07 Å². The molecule has 4 nitrogen and oxygen atoms in total. The van der Waals surface area contributed by atoms with Gasteiger partial charge in [0.25, 0.3) is 5.91 Å². The van der Waals surface area contributed by atoms with Crippen LogP contribution in [0.3, 0.4) is 0 Å². The monoisotopic (exact) mass is 299 g/mol. The summed E-state index contributed by atoms with van der Waals surface area (Å²) in [5.74, 6) is -1.63. The van der Waals surface area contributed by atoms with E-state index in [1.165, 1.54) is 12.3 Å². The van der Waals surface area contributed by atoms with Crippen molar-refractivity contribution in [3.05, 3.63) is 59.2 Å². The average Bonchev–Trinajstić information content (AvgIpc) is 2.93. The van der Waals surface area contributed by atoms with Crippen molar-refractivity contribution in [2.24, 2.45) is 5.10 Å². The SMILES string of the molecule is O=C(NN=Cc1ccc(C(F)(F)F)cc1F)c1ccc[nH]1. The van der Waals surface area contributed by atoms with Crippen LogP contribution in [0.4, 0.5) is 17.6 Å². The Morgan fingerprint density at radius 2 is 2.05 bits per heavy atom. The van der Waals surface area contributed by atoms with Crippen LogP contribution < -0.4 is 5.43 Å². The number of aromatic amines is 1. The molecule has 0 radical (unpaired) electrons. The molecule has 1 aromatic heterocycles. The number of hydrogen-bond donors (Lipinski definition) is 2. The number of carbonyl (C=O) groups is 1. The largest absolute Gasteiger partial charge is 0.416 e. The highest BCUT2D eigenvalue weighted by Gasteiger charge is 2.31. The second kappa shape index (κ2) is 5.78. The van der Waals surface area contributed by atoms with Crippen LogP contribution in [-0.2, 0) is 6.18 Å². The second-order valence-electron chi connectivity index (χ2n) is 4.02. The Balaban J connectivity index is 2.06. The van der Waals surface area contributed by atoms with E-state index < -0.39 is 23.5 Å². The summed E-state index contributed by atoms with van der Waals surface area (Å²) in [5.41, 5.74) is 1.10. The number of hydrogen-bond acceptors (Lipinski definition) is 2. The number of nitrogens with zero attached hydrogens (tertiary/aromatic N) is 1. The van der Waals surface area contributed by atoms with Crippen LogP contribution >= 0.6 is 0 Å². The molecule has 0 unspecified atom stereocenters. The van der Waals surface area contributed by atoms with Gasteiger partial charge < -0.3 is 4.98 Å². The zero-order valence-corrected chi connectivity index (χ0v) is 10.4. The first kappa shape index (κ1) is 14.8. The van der Waals surface area contributed by atoms with Crippen LogP contribution in [-0.4, -0.2) is 17.1 Å². The quantitative estimate of drug-likeness (QED) is 0.511. The number of halogens is 4. The summed E-state index contributed by atoms with van der Waals surface area (Å²) in [7, 11) is 0. The number of carbonyl (C=O) groups excluding carboxylic acids is 1. The lowest BCUT2D eigenvalue weighted by Gasteiger charge is -2.07. The number of H-pyrrole nitrogens is 1. The molecule has 0 spiro atoms. The van der Waals surface area contributed by atoms with E-state index in [0.29, 0.717) is 6.07 Å². The van der Waals surface area contributed by atoms with Crippen molar-refractivity contribution >= 4 is 12.1 Å². The van der Waals surface area contributed by atoms with Crippen LogP contribution in [0.15, 0.2) is 41.6 Å². The molecule has 110 valence electrons. The maximum absolute atomic E-state index is 13.5. The smallest absolute Gasteiger partial charge is 0.357 e. The Bertz CT molecular complexity index is 663. The van der Waals surface area contributed by atoms with Crippen molar-refractivity contribution in [2.45, 2.75) is 6.18 Å². The molecule has 0 saturated carbocycles. The molecule has 1 amide bonds. The molecule has 2 N–H and O–H groups in total. The third kappa shape index (κ3) is 3.68. The number of nitrogens with one attached hydrogen (secondary N) is 2. The first-order valence-corrected chi connectivity index (χ1v) is 5.71. The van der Waals surface area contributed by atoms with Gasteiger partial charge in [0.05, 0.1) is 11.8 Å². The number of benzene rings is 1. The van der Waals surface area contributed by atoms with Gasteiger partial charge in [0.1, 0.15) is 11.5 Å². The lowest BCUT2D eigenvalue weighted by atomic mass is 10.1. The average molecular weight is 299 g/mol. The second-order valence-corrected chi connectivity index (χ2v) is 4.02. The molecule has 0 saturated heterocycles. The number of amides is 1. The molecular weight excluding hydrogens is 290 g/mol. The third-order valence-electron chi connectivity index (χ3n) is 2.54. The summed E-state index contributed by atoms with van der Waals surface area (Å²) in [6.07, 6.45) is -2.15. The molecule has 0 aliphatic rings. The minimum Gasteiger partial charge on any atom is -0.357 e. The Morgan fingerprint density at radius 1 is 1.29 bits per heavy atom. The van der Waals surface area contributed by atoms with Crippen molar-refractivity contribution in [3.8, 4) is 0 Å². The molecular formula is C13H9F4N3O. The van der Waals surface area contributed by atoms with Crippen molar-refractivity contribution in [1.29, 1.82) is 0 Å². The maximum Gasteiger partial charge on any atom is 0.416 e. The molecule has 8 heteroatoms. The van der Waals surface area contributed by atoms with E-state index in [4.69, 9.17) is 0 Å². The van der Waals surface area contributed by atoms with Gasteiger partial charge >= 0.3 is 6.18 Å². The summed E-state index contributed by atoms with van der Waals surface area (Å²) in [6, 6.07) is 5.14. The van der Waals surface area contributed by atoms with E-state index in [-0.39, 0.29) is 11.3 Å². The molecule has 1 aromatic carbocycles. The predicted molar refractivity (Wildman–Crippen MR) is 67.3 cm³/mol. The molecule has 21 heavy (non-hydrogen) atoms. The van der Waals surface area contributed by atoms with Crippen LogP contribution in [0.5, 0.6) is 0 Å². The minimum absolute atomic E-state index is 0.171. The van der Waals surface area contributed by atoms with E-state index in [2.05, 4.69) is 15.5 Å². The van der Waals surface area contributed by atoms with Gasteiger partial charge in [-0.1, -0.05) is 0 Å². The summed E-state index contributed by atoms with van der Waals surface area (Å²) in [5, 5.41) is 3.48. The standard InChI is InChI=1S/C13H9F4N3O/c14-10-6-9(13(15,16)17)4-3-8(10)7-19-20-12(21)11-2-1-5-18-11/h1-7,18H,(H,20,21). The van der Waals surface area contributed by atoms with Gasteiger partial charge in [0.2, 0.25) is 0 Å². The van der Waals surface area contributed by atoms with E-state index in [9.17, 15) is 22.4 Å². The van der Waals surface area contributed by atoms with Gasteiger partial charge in [-0.3, -0.25) is 4.79 Å². The predicted octanol–water partition coefficient (Wildman–Crippen LogP) is 2.94. The number of hydrazone groups is 1. The normalized spacial score (nSPS) is 11.8. The zero-order chi connectivity index (χ0) is 15.5. The highest BCUT2D eigenvalue weighted by Crippen LogP contribution is 2.29. The molecule has 2 aromatic rings.